The lowest BCUT2D eigenvalue weighted by Crippen LogP contribution is -2.35. The van der Waals surface area contributed by atoms with Crippen molar-refractivity contribution in [2.24, 2.45) is 0 Å². The zero-order valence-electron chi connectivity index (χ0n) is 24.6. The summed E-state index contributed by atoms with van der Waals surface area (Å²) < 4.78 is 23.7. The van der Waals surface area contributed by atoms with Crippen molar-refractivity contribution in [3.8, 4) is 0 Å². The summed E-state index contributed by atoms with van der Waals surface area (Å²) in [6.07, 6.45) is 23.5. The fourth-order valence-corrected chi connectivity index (χ4v) is 5.59. The van der Waals surface area contributed by atoms with Crippen molar-refractivity contribution in [3.63, 3.8) is 0 Å². The van der Waals surface area contributed by atoms with Crippen LogP contribution in [0.4, 0.5) is 0 Å². The Kier molecular flexibility index (Phi) is 22.3. The molecule has 0 radical (unpaired) electrons. The summed E-state index contributed by atoms with van der Waals surface area (Å²) in [5, 5.41) is 0. The summed E-state index contributed by atoms with van der Waals surface area (Å²) in [4.78, 5) is 21.5. The average molecular weight is 535 g/mol. The molecule has 0 amide bonds. The quantitative estimate of drug-likeness (QED) is 0.0523. The van der Waals surface area contributed by atoms with Crippen LogP contribution < -0.4 is 0 Å². The average Bonchev–Trinajstić information content (AvgIpc) is 2.78. The number of hydrogen-bond donors (Lipinski definition) is 1. The van der Waals surface area contributed by atoms with Crippen LogP contribution in [0.15, 0.2) is 0 Å². The van der Waals surface area contributed by atoms with E-state index in [1.54, 1.807) is 0 Å². The van der Waals surface area contributed by atoms with Crippen LogP contribution in [0.2, 0.25) is 0 Å². The largest absolute Gasteiger partial charge is 0.460 e. The highest BCUT2D eigenvalue weighted by molar-refractivity contribution is 7.52. The number of hydrogen-bond acceptors (Lipinski definition) is 4. The molecular weight excluding hydrogens is 473 g/mol. The number of esters is 1. The standard InChI is InChI=1S/C29H60NO5P/c1-6-7-8-9-10-11-12-13-14-15-16-17-18-19-20-21-22-24-29(35-28(2)31)27-34-36(32,33)26-23-25-30(3,4)5/h29H,6-27H2,1-5H3/p+1. The monoisotopic (exact) mass is 534 g/mol. The molecule has 0 heterocycles. The topological polar surface area (TPSA) is 72.8 Å². The minimum atomic E-state index is -3.65. The lowest BCUT2D eigenvalue weighted by molar-refractivity contribution is -0.870. The molecule has 0 spiro atoms. The van der Waals surface area contributed by atoms with Crippen molar-refractivity contribution in [3.05, 3.63) is 0 Å². The summed E-state index contributed by atoms with van der Waals surface area (Å²) in [6, 6.07) is 0. The maximum Gasteiger partial charge on any atom is 0.328 e. The van der Waals surface area contributed by atoms with Gasteiger partial charge in [0, 0.05) is 13.3 Å². The number of rotatable bonds is 26. The zero-order chi connectivity index (χ0) is 27.1. The molecule has 2 atom stereocenters. The van der Waals surface area contributed by atoms with Crippen LogP contribution in [0.5, 0.6) is 0 Å². The highest BCUT2D eigenvalue weighted by Crippen LogP contribution is 2.42. The molecule has 7 heteroatoms. The van der Waals surface area contributed by atoms with E-state index in [0.29, 0.717) is 12.8 Å². The molecule has 0 aromatic rings. The SMILES string of the molecule is CCCCCCCCCCCCCCCCCCCC(COP(=O)(O)CCC[N+](C)(C)C)OC(C)=O. The minimum Gasteiger partial charge on any atom is -0.460 e. The third-order valence-electron chi connectivity index (χ3n) is 6.69. The first-order chi connectivity index (χ1) is 17.1. The van der Waals surface area contributed by atoms with Gasteiger partial charge < -0.3 is 18.6 Å². The fourth-order valence-electron chi connectivity index (χ4n) is 4.52. The van der Waals surface area contributed by atoms with E-state index >= 15 is 0 Å². The molecule has 36 heavy (non-hydrogen) atoms. The van der Waals surface area contributed by atoms with Crippen molar-refractivity contribution >= 4 is 13.6 Å². The van der Waals surface area contributed by atoms with E-state index in [4.69, 9.17) is 9.26 Å². The van der Waals surface area contributed by atoms with Gasteiger partial charge in [0.15, 0.2) is 0 Å². The van der Waals surface area contributed by atoms with Gasteiger partial charge in [0.1, 0.15) is 6.10 Å². The molecule has 0 saturated heterocycles. The van der Waals surface area contributed by atoms with Crippen molar-refractivity contribution in [2.75, 3.05) is 40.5 Å². The van der Waals surface area contributed by atoms with Gasteiger partial charge in [-0.3, -0.25) is 9.36 Å². The van der Waals surface area contributed by atoms with E-state index in [-0.39, 0.29) is 18.7 Å². The van der Waals surface area contributed by atoms with Gasteiger partial charge in [-0.05, 0) is 12.8 Å². The Morgan fingerprint density at radius 3 is 1.56 bits per heavy atom. The summed E-state index contributed by atoms with van der Waals surface area (Å²) in [5.41, 5.74) is 0. The van der Waals surface area contributed by atoms with E-state index in [0.717, 1.165) is 23.9 Å². The fraction of sp³-hybridized carbons (Fsp3) is 0.966. The van der Waals surface area contributed by atoms with Gasteiger partial charge in [0.05, 0.1) is 40.5 Å². The second kappa shape index (κ2) is 22.6. The first kappa shape index (κ1) is 35.6. The van der Waals surface area contributed by atoms with E-state index in [9.17, 15) is 14.3 Å². The van der Waals surface area contributed by atoms with Crippen LogP contribution in [0.1, 0.15) is 136 Å². The second-order valence-corrected chi connectivity index (χ2v) is 13.7. The van der Waals surface area contributed by atoms with E-state index in [1.807, 2.05) is 0 Å². The minimum absolute atomic E-state index is 0.00338. The third kappa shape index (κ3) is 26.6. The molecule has 0 saturated carbocycles. The third-order valence-corrected chi connectivity index (χ3v) is 8.13. The van der Waals surface area contributed by atoms with Gasteiger partial charge in [-0.1, -0.05) is 110 Å². The van der Waals surface area contributed by atoms with E-state index in [1.165, 1.54) is 103 Å². The molecule has 0 aromatic heterocycles. The Bertz CT molecular complexity index is 564. The molecule has 6 nitrogen and oxygen atoms in total. The summed E-state index contributed by atoms with van der Waals surface area (Å²) in [7, 11) is 2.51. The van der Waals surface area contributed by atoms with Crippen molar-refractivity contribution in [1.82, 2.24) is 0 Å². The normalized spacial score (nSPS) is 14.5. The van der Waals surface area contributed by atoms with Gasteiger partial charge in [0.25, 0.3) is 0 Å². The molecule has 1 N–H and O–H groups in total. The first-order valence-electron chi connectivity index (χ1n) is 15.0. The summed E-state index contributed by atoms with van der Waals surface area (Å²) >= 11 is 0. The number of carbonyl (C=O) groups excluding carboxylic acids is 1. The lowest BCUT2D eigenvalue weighted by Gasteiger charge is -2.24. The molecule has 216 valence electrons. The molecule has 0 aliphatic carbocycles. The Morgan fingerprint density at radius 1 is 0.750 bits per heavy atom. The number of nitrogens with zero attached hydrogens (tertiary/aromatic N) is 1. The van der Waals surface area contributed by atoms with Crippen molar-refractivity contribution in [1.29, 1.82) is 0 Å². The molecule has 0 aromatic carbocycles. The molecule has 0 aliphatic heterocycles. The molecule has 0 bridgehead atoms. The molecule has 2 unspecified atom stereocenters. The van der Waals surface area contributed by atoms with E-state index < -0.39 is 13.7 Å². The van der Waals surface area contributed by atoms with Crippen LogP contribution in [0.3, 0.4) is 0 Å². The van der Waals surface area contributed by atoms with Crippen LogP contribution in [0, 0.1) is 0 Å². The Labute approximate surface area is 224 Å². The van der Waals surface area contributed by atoms with Crippen LogP contribution in [-0.4, -0.2) is 61.9 Å². The number of ether oxygens (including phenoxy) is 1. The van der Waals surface area contributed by atoms with Gasteiger partial charge in [0.2, 0.25) is 0 Å². The van der Waals surface area contributed by atoms with Crippen LogP contribution >= 0.6 is 7.60 Å². The van der Waals surface area contributed by atoms with Crippen LogP contribution in [0.25, 0.3) is 0 Å². The summed E-state index contributed by atoms with van der Waals surface area (Å²) in [6.45, 7) is 4.45. The predicted octanol–water partition coefficient (Wildman–Crippen LogP) is 8.26. The van der Waals surface area contributed by atoms with Gasteiger partial charge in [-0.25, -0.2) is 0 Å². The maximum atomic E-state index is 12.3. The highest BCUT2D eigenvalue weighted by atomic mass is 31.2. The first-order valence-corrected chi connectivity index (χ1v) is 16.8. The van der Waals surface area contributed by atoms with E-state index in [2.05, 4.69) is 28.1 Å². The van der Waals surface area contributed by atoms with Gasteiger partial charge in [-0.15, -0.1) is 0 Å². The molecule has 0 rings (SSSR count). The lowest BCUT2D eigenvalue weighted by atomic mass is 10.0. The highest BCUT2D eigenvalue weighted by Gasteiger charge is 2.24. The Morgan fingerprint density at radius 2 is 1.17 bits per heavy atom. The summed E-state index contributed by atoms with van der Waals surface area (Å²) in [5.74, 6) is -0.367. The Hall–Kier alpha value is -0.420. The maximum absolute atomic E-state index is 12.3. The van der Waals surface area contributed by atoms with Crippen molar-refractivity contribution in [2.45, 2.75) is 142 Å². The number of quaternary nitrogens is 1. The molecule has 0 aliphatic rings. The zero-order valence-corrected chi connectivity index (χ0v) is 25.5. The number of carbonyl (C=O) groups is 1. The van der Waals surface area contributed by atoms with Crippen LogP contribution in [-0.2, 0) is 18.6 Å². The molecule has 0 fully saturated rings. The molecular formula is C29H61NO5P+. The Balaban J connectivity index is 3.74. The smallest absolute Gasteiger partial charge is 0.328 e. The predicted molar refractivity (Wildman–Crippen MR) is 152 cm³/mol. The number of unbranched alkanes of at least 4 members (excludes halogenated alkanes) is 16. The van der Waals surface area contributed by atoms with Gasteiger partial charge in [-0.2, -0.15) is 0 Å². The van der Waals surface area contributed by atoms with Crippen molar-refractivity contribution < 1.29 is 28.0 Å². The second-order valence-electron chi connectivity index (χ2n) is 11.7. The van der Waals surface area contributed by atoms with Gasteiger partial charge >= 0.3 is 13.6 Å².